The Bertz CT molecular complexity index is 635. The summed E-state index contributed by atoms with van der Waals surface area (Å²) >= 11 is 0. The first-order chi connectivity index (χ1) is 10.6. The Morgan fingerprint density at radius 1 is 1.27 bits per heavy atom. The van der Waals surface area contributed by atoms with Crippen LogP contribution in [0, 0.1) is 15.9 Å². The van der Waals surface area contributed by atoms with Crippen molar-refractivity contribution in [3.8, 4) is 0 Å². The summed E-state index contributed by atoms with van der Waals surface area (Å²) in [4.78, 5) is 9.97. The third-order valence-corrected chi connectivity index (χ3v) is 3.18. The van der Waals surface area contributed by atoms with Gasteiger partial charge in [0.05, 0.1) is 22.8 Å². The molecular weight excluding hydrogens is 287 g/mol. The smallest absolute Gasteiger partial charge is 0.272 e. The second kappa shape index (κ2) is 7.51. The molecule has 2 aromatic carbocycles. The number of hydrogen-bond donors (Lipinski definition) is 1. The van der Waals surface area contributed by atoms with E-state index in [9.17, 15) is 14.5 Å². The number of non-ortho nitro benzene ring substituents is 1. The number of nitrogens with zero attached hydrogens (tertiary/aromatic N) is 1. The second-order valence-corrected chi connectivity index (χ2v) is 4.66. The number of rotatable bonds is 7. The molecule has 2 rings (SSSR count). The molecule has 0 spiro atoms. The fourth-order valence-corrected chi connectivity index (χ4v) is 2.11. The van der Waals surface area contributed by atoms with Crippen molar-refractivity contribution in [1.82, 2.24) is 0 Å². The monoisotopic (exact) mass is 304 g/mol. The molecule has 2 aromatic rings. The highest BCUT2D eigenvalue weighted by Crippen LogP contribution is 2.23. The molecule has 0 amide bonds. The summed E-state index contributed by atoms with van der Waals surface area (Å²) in [7, 11) is 0. The average molecular weight is 304 g/mol. The number of halogens is 1. The van der Waals surface area contributed by atoms with E-state index in [0.717, 1.165) is 11.6 Å². The summed E-state index contributed by atoms with van der Waals surface area (Å²) < 4.78 is 19.5. The van der Waals surface area contributed by atoms with Crippen LogP contribution in [-0.2, 0) is 4.74 Å². The maximum atomic E-state index is 13.8. The van der Waals surface area contributed by atoms with Crippen molar-refractivity contribution in [1.29, 1.82) is 0 Å². The number of nitro benzene ring substituents is 1. The van der Waals surface area contributed by atoms with Crippen LogP contribution in [-0.4, -0.2) is 18.1 Å². The number of nitro groups is 1. The van der Waals surface area contributed by atoms with Crippen LogP contribution < -0.4 is 5.32 Å². The van der Waals surface area contributed by atoms with Gasteiger partial charge in [-0.05, 0) is 18.6 Å². The summed E-state index contributed by atoms with van der Waals surface area (Å²) in [6.45, 7) is 2.79. The van der Waals surface area contributed by atoms with Crippen LogP contribution in [0.1, 0.15) is 18.6 Å². The predicted octanol–water partition coefficient (Wildman–Crippen LogP) is 3.92. The molecular formula is C16H17FN2O3. The SMILES string of the molecule is CCOC(CNc1ccc([N+](=O)[O-])cc1F)c1ccccc1. The van der Waals surface area contributed by atoms with Crippen LogP contribution in [0.2, 0.25) is 0 Å². The fourth-order valence-electron chi connectivity index (χ4n) is 2.11. The summed E-state index contributed by atoms with van der Waals surface area (Å²) in [5.74, 6) is -0.655. The van der Waals surface area contributed by atoms with Crippen molar-refractivity contribution in [2.24, 2.45) is 0 Å². The molecule has 0 fully saturated rings. The molecule has 116 valence electrons. The van der Waals surface area contributed by atoms with Gasteiger partial charge in [0, 0.05) is 19.2 Å². The number of anilines is 1. The summed E-state index contributed by atoms with van der Waals surface area (Å²) in [5.41, 5.74) is 0.929. The Morgan fingerprint density at radius 2 is 2.00 bits per heavy atom. The minimum Gasteiger partial charge on any atom is -0.380 e. The van der Waals surface area contributed by atoms with Gasteiger partial charge in [0.15, 0.2) is 5.82 Å². The van der Waals surface area contributed by atoms with Gasteiger partial charge >= 0.3 is 0 Å². The Labute approximate surface area is 127 Å². The molecule has 5 nitrogen and oxygen atoms in total. The Hall–Kier alpha value is -2.47. The molecule has 6 heteroatoms. The third-order valence-electron chi connectivity index (χ3n) is 3.18. The van der Waals surface area contributed by atoms with E-state index in [1.165, 1.54) is 12.1 Å². The topological polar surface area (TPSA) is 64.4 Å². The first-order valence-corrected chi connectivity index (χ1v) is 6.96. The molecule has 0 aliphatic heterocycles. The van der Waals surface area contributed by atoms with Crippen LogP contribution in [0.25, 0.3) is 0 Å². The van der Waals surface area contributed by atoms with E-state index in [-0.39, 0.29) is 17.5 Å². The lowest BCUT2D eigenvalue weighted by molar-refractivity contribution is -0.385. The van der Waals surface area contributed by atoms with E-state index in [1.54, 1.807) is 0 Å². The van der Waals surface area contributed by atoms with Gasteiger partial charge in [-0.1, -0.05) is 30.3 Å². The van der Waals surface area contributed by atoms with E-state index < -0.39 is 10.7 Å². The maximum Gasteiger partial charge on any atom is 0.272 e. The molecule has 0 aromatic heterocycles. The molecule has 0 bridgehead atoms. The van der Waals surface area contributed by atoms with E-state index in [0.29, 0.717) is 13.2 Å². The number of nitrogens with one attached hydrogen (secondary N) is 1. The number of benzene rings is 2. The second-order valence-electron chi connectivity index (χ2n) is 4.66. The molecule has 1 atom stereocenters. The van der Waals surface area contributed by atoms with Crippen LogP contribution >= 0.6 is 0 Å². The largest absolute Gasteiger partial charge is 0.380 e. The van der Waals surface area contributed by atoms with E-state index in [1.807, 2.05) is 37.3 Å². The molecule has 0 saturated carbocycles. The highest BCUT2D eigenvalue weighted by Gasteiger charge is 2.14. The van der Waals surface area contributed by atoms with Crippen molar-refractivity contribution in [2.75, 3.05) is 18.5 Å². The number of ether oxygens (including phenoxy) is 1. The zero-order valence-corrected chi connectivity index (χ0v) is 12.2. The Kier molecular flexibility index (Phi) is 5.43. The summed E-state index contributed by atoms with van der Waals surface area (Å²) in [6, 6.07) is 13.1. The van der Waals surface area contributed by atoms with Gasteiger partial charge in [0.1, 0.15) is 0 Å². The Morgan fingerprint density at radius 3 is 2.59 bits per heavy atom. The van der Waals surface area contributed by atoms with Crippen molar-refractivity contribution in [3.63, 3.8) is 0 Å². The van der Waals surface area contributed by atoms with Crippen LogP contribution in [0.3, 0.4) is 0 Å². The molecule has 1 unspecified atom stereocenters. The maximum absolute atomic E-state index is 13.8. The van der Waals surface area contributed by atoms with Crippen molar-refractivity contribution in [2.45, 2.75) is 13.0 Å². The summed E-state index contributed by atoms with van der Waals surface area (Å²) in [5, 5.41) is 13.5. The van der Waals surface area contributed by atoms with Gasteiger partial charge in [-0.25, -0.2) is 4.39 Å². The lowest BCUT2D eigenvalue weighted by Crippen LogP contribution is -2.16. The first kappa shape index (κ1) is 15.9. The van der Waals surface area contributed by atoms with Crippen molar-refractivity contribution < 1.29 is 14.1 Å². The molecule has 0 heterocycles. The predicted molar refractivity (Wildman–Crippen MR) is 82.4 cm³/mol. The zero-order chi connectivity index (χ0) is 15.9. The van der Waals surface area contributed by atoms with Crippen molar-refractivity contribution in [3.05, 3.63) is 70.0 Å². The normalized spacial score (nSPS) is 11.9. The van der Waals surface area contributed by atoms with E-state index in [2.05, 4.69) is 5.32 Å². The highest BCUT2D eigenvalue weighted by atomic mass is 19.1. The minimum atomic E-state index is -0.655. The Balaban J connectivity index is 2.08. The van der Waals surface area contributed by atoms with Gasteiger partial charge < -0.3 is 10.1 Å². The highest BCUT2D eigenvalue weighted by molar-refractivity contribution is 5.50. The zero-order valence-electron chi connectivity index (χ0n) is 12.2. The lowest BCUT2D eigenvalue weighted by Gasteiger charge is -2.19. The average Bonchev–Trinajstić information content (AvgIpc) is 2.53. The van der Waals surface area contributed by atoms with E-state index >= 15 is 0 Å². The summed E-state index contributed by atoms with van der Waals surface area (Å²) in [6.07, 6.45) is -0.221. The van der Waals surface area contributed by atoms with Gasteiger partial charge in [0.25, 0.3) is 5.69 Å². The standard InChI is InChI=1S/C16H17FN2O3/c1-2-22-16(12-6-4-3-5-7-12)11-18-15-9-8-13(19(20)21)10-14(15)17/h3-10,16,18H,2,11H2,1H3. The first-order valence-electron chi connectivity index (χ1n) is 6.96. The van der Waals surface area contributed by atoms with Gasteiger partial charge in [-0.2, -0.15) is 0 Å². The van der Waals surface area contributed by atoms with Crippen LogP contribution in [0.5, 0.6) is 0 Å². The number of hydrogen-bond acceptors (Lipinski definition) is 4. The van der Waals surface area contributed by atoms with Gasteiger partial charge in [-0.15, -0.1) is 0 Å². The molecule has 22 heavy (non-hydrogen) atoms. The molecule has 0 saturated heterocycles. The van der Waals surface area contributed by atoms with Crippen molar-refractivity contribution >= 4 is 11.4 Å². The molecule has 0 radical (unpaired) electrons. The lowest BCUT2D eigenvalue weighted by atomic mass is 10.1. The van der Waals surface area contributed by atoms with Crippen LogP contribution in [0.15, 0.2) is 48.5 Å². The third kappa shape index (κ3) is 4.02. The van der Waals surface area contributed by atoms with Crippen LogP contribution in [0.4, 0.5) is 15.8 Å². The molecule has 0 aliphatic rings. The van der Waals surface area contributed by atoms with Gasteiger partial charge in [0.2, 0.25) is 0 Å². The quantitative estimate of drug-likeness (QED) is 0.622. The molecule has 1 N–H and O–H groups in total. The minimum absolute atomic E-state index is 0.214. The van der Waals surface area contributed by atoms with E-state index in [4.69, 9.17) is 4.74 Å². The fraction of sp³-hybridized carbons (Fsp3) is 0.250. The molecule has 0 aliphatic carbocycles. The van der Waals surface area contributed by atoms with Gasteiger partial charge in [-0.3, -0.25) is 10.1 Å².